The number of rotatable bonds is 3. The van der Waals surface area contributed by atoms with Crippen molar-refractivity contribution in [2.75, 3.05) is 0 Å². The van der Waals surface area contributed by atoms with E-state index in [1.165, 1.54) is 0 Å². The van der Waals surface area contributed by atoms with Gasteiger partial charge in [0.2, 0.25) is 0 Å². The first kappa shape index (κ1) is 11.0. The molecule has 86 valence electrons. The van der Waals surface area contributed by atoms with Crippen LogP contribution in [0.5, 0.6) is 0 Å². The number of furan rings is 1. The molecule has 0 bridgehead atoms. The second-order valence-electron chi connectivity index (χ2n) is 5.11. The van der Waals surface area contributed by atoms with Crippen molar-refractivity contribution in [2.24, 2.45) is 10.8 Å². The monoisotopic (exact) mass is 220 g/mol. The molecule has 1 saturated carbocycles. The first-order valence-electron chi connectivity index (χ1n) is 5.36. The predicted octanol–water partition coefficient (Wildman–Crippen LogP) is 3.18. The zero-order valence-electron chi connectivity index (χ0n) is 9.78. The summed E-state index contributed by atoms with van der Waals surface area (Å²) in [6.07, 6.45) is 4.10. The number of carboxylic acid groups (broad SMARTS) is 1. The van der Waals surface area contributed by atoms with E-state index in [1.54, 1.807) is 12.3 Å². The molecule has 0 saturated heterocycles. The largest absolute Gasteiger partial charge is 0.481 e. The molecule has 0 aromatic carbocycles. The third-order valence-electron chi connectivity index (χ3n) is 3.68. The second-order valence-corrected chi connectivity index (χ2v) is 5.11. The fourth-order valence-electron chi connectivity index (χ4n) is 2.54. The van der Waals surface area contributed by atoms with Gasteiger partial charge < -0.3 is 9.52 Å². The van der Waals surface area contributed by atoms with Crippen LogP contribution >= 0.6 is 0 Å². The maximum absolute atomic E-state index is 11.4. The van der Waals surface area contributed by atoms with Gasteiger partial charge in [-0.15, -0.1) is 0 Å². The minimum absolute atomic E-state index is 0.161. The Bertz CT molecular complexity index is 440. The van der Waals surface area contributed by atoms with Gasteiger partial charge in [0.05, 0.1) is 11.7 Å². The standard InChI is InChI=1S/C13H16O3/c1-9(7-10-5-4-6-16-10)13(11(14)15)8-12(13,2)3/h4-7H,8H2,1-3H3,(H,14,15)/b9-7+. The van der Waals surface area contributed by atoms with Crippen molar-refractivity contribution in [3.8, 4) is 0 Å². The Balaban J connectivity index is 2.35. The minimum Gasteiger partial charge on any atom is -0.481 e. The van der Waals surface area contributed by atoms with Crippen LogP contribution in [0.15, 0.2) is 28.4 Å². The zero-order chi connectivity index (χ0) is 12.0. The highest BCUT2D eigenvalue weighted by atomic mass is 16.4. The van der Waals surface area contributed by atoms with Gasteiger partial charge >= 0.3 is 5.97 Å². The number of aliphatic carboxylic acids is 1. The van der Waals surface area contributed by atoms with Crippen LogP contribution in [-0.2, 0) is 4.79 Å². The molecule has 0 aliphatic heterocycles. The highest BCUT2D eigenvalue weighted by Crippen LogP contribution is 2.67. The fourth-order valence-corrected chi connectivity index (χ4v) is 2.54. The zero-order valence-corrected chi connectivity index (χ0v) is 9.78. The summed E-state index contributed by atoms with van der Waals surface area (Å²) in [6, 6.07) is 3.62. The summed E-state index contributed by atoms with van der Waals surface area (Å²) in [6.45, 7) is 5.84. The normalized spacial score (nSPS) is 27.8. The van der Waals surface area contributed by atoms with Crippen LogP contribution in [0.2, 0.25) is 0 Å². The molecule has 0 spiro atoms. The van der Waals surface area contributed by atoms with Gasteiger partial charge in [-0.2, -0.15) is 0 Å². The molecule has 1 atom stereocenters. The van der Waals surface area contributed by atoms with E-state index >= 15 is 0 Å². The average molecular weight is 220 g/mol. The van der Waals surface area contributed by atoms with Crippen LogP contribution in [-0.4, -0.2) is 11.1 Å². The van der Waals surface area contributed by atoms with Crippen molar-refractivity contribution in [3.05, 3.63) is 29.7 Å². The van der Waals surface area contributed by atoms with Crippen molar-refractivity contribution in [1.82, 2.24) is 0 Å². The summed E-state index contributed by atoms with van der Waals surface area (Å²) < 4.78 is 5.21. The van der Waals surface area contributed by atoms with Crippen LogP contribution in [0.25, 0.3) is 6.08 Å². The van der Waals surface area contributed by atoms with Crippen LogP contribution in [0.3, 0.4) is 0 Å². The lowest BCUT2D eigenvalue weighted by Crippen LogP contribution is -2.22. The molecule has 1 aromatic heterocycles. The van der Waals surface area contributed by atoms with E-state index in [9.17, 15) is 9.90 Å². The second kappa shape index (κ2) is 3.24. The van der Waals surface area contributed by atoms with Gasteiger partial charge in [0, 0.05) is 0 Å². The molecule has 1 unspecified atom stereocenters. The molecule has 0 radical (unpaired) electrons. The molecule has 1 heterocycles. The van der Waals surface area contributed by atoms with Gasteiger partial charge in [0.1, 0.15) is 5.76 Å². The Labute approximate surface area is 94.8 Å². The number of hydrogen-bond donors (Lipinski definition) is 1. The number of carbonyl (C=O) groups is 1. The van der Waals surface area contributed by atoms with E-state index in [-0.39, 0.29) is 5.41 Å². The quantitative estimate of drug-likeness (QED) is 0.851. The topological polar surface area (TPSA) is 50.4 Å². The molecule has 1 aliphatic carbocycles. The van der Waals surface area contributed by atoms with E-state index < -0.39 is 11.4 Å². The highest BCUT2D eigenvalue weighted by molar-refractivity contribution is 5.85. The van der Waals surface area contributed by atoms with Gasteiger partial charge in [0.15, 0.2) is 0 Å². The molecule has 0 amide bonds. The summed E-state index contributed by atoms with van der Waals surface area (Å²) >= 11 is 0. The molecule has 1 N–H and O–H groups in total. The number of hydrogen-bond acceptors (Lipinski definition) is 2. The third-order valence-corrected chi connectivity index (χ3v) is 3.68. The molecule has 1 fully saturated rings. The first-order valence-corrected chi connectivity index (χ1v) is 5.36. The Hall–Kier alpha value is -1.51. The van der Waals surface area contributed by atoms with Crippen LogP contribution < -0.4 is 0 Å². The lowest BCUT2D eigenvalue weighted by atomic mass is 9.88. The Kier molecular flexibility index (Phi) is 2.22. The SMILES string of the molecule is C/C(=C\c1ccco1)C1(C(=O)O)CC1(C)C. The Morgan fingerprint density at radius 3 is 2.56 bits per heavy atom. The van der Waals surface area contributed by atoms with E-state index in [1.807, 2.05) is 32.9 Å². The first-order chi connectivity index (χ1) is 7.40. The average Bonchev–Trinajstić information content (AvgIpc) is 2.60. The van der Waals surface area contributed by atoms with Gasteiger partial charge in [0.25, 0.3) is 0 Å². The van der Waals surface area contributed by atoms with Gasteiger partial charge in [-0.1, -0.05) is 19.4 Å². The van der Waals surface area contributed by atoms with E-state index in [2.05, 4.69) is 0 Å². The lowest BCUT2D eigenvalue weighted by molar-refractivity contribution is -0.142. The van der Waals surface area contributed by atoms with Gasteiger partial charge in [-0.3, -0.25) is 4.79 Å². The molecule has 3 heteroatoms. The third kappa shape index (κ3) is 1.39. The smallest absolute Gasteiger partial charge is 0.314 e. The molecule has 1 aliphatic rings. The lowest BCUT2D eigenvalue weighted by Gasteiger charge is -2.16. The van der Waals surface area contributed by atoms with Gasteiger partial charge in [-0.05, 0) is 37.0 Å². The van der Waals surface area contributed by atoms with Crippen molar-refractivity contribution in [1.29, 1.82) is 0 Å². The summed E-state index contributed by atoms with van der Waals surface area (Å²) in [5.74, 6) is -0.0290. The summed E-state index contributed by atoms with van der Waals surface area (Å²) in [4.78, 5) is 11.4. The number of carboxylic acids is 1. The van der Waals surface area contributed by atoms with E-state index in [4.69, 9.17) is 4.42 Å². The minimum atomic E-state index is -0.738. The molecular weight excluding hydrogens is 204 g/mol. The van der Waals surface area contributed by atoms with E-state index in [0.717, 1.165) is 5.57 Å². The fraction of sp³-hybridized carbons (Fsp3) is 0.462. The molecular formula is C13H16O3. The maximum atomic E-state index is 11.4. The summed E-state index contributed by atoms with van der Waals surface area (Å²) in [5, 5.41) is 9.37. The summed E-state index contributed by atoms with van der Waals surface area (Å²) in [7, 11) is 0. The molecule has 3 nitrogen and oxygen atoms in total. The maximum Gasteiger partial charge on any atom is 0.314 e. The van der Waals surface area contributed by atoms with Crippen molar-refractivity contribution in [2.45, 2.75) is 27.2 Å². The van der Waals surface area contributed by atoms with E-state index in [0.29, 0.717) is 12.2 Å². The molecule has 16 heavy (non-hydrogen) atoms. The summed E-state index contributed by atoms with van der Waals surface area (Å²) in [5.41, 5.74) is -0.00818. The van der Waals surface area contributed by atoms with Crippen LogP contribution in [0, 0.1) is 10.8 Å². The van der Waals surface area contributed by atoms with Crippen molar-refractivity contribution >= 4 is 12.0 Å². The predicted molar refractivity (Wildman–Crippen MR) is 60.8 cm³/mol. The van der Waals surface area contributed by atoms with Crippen molar-refractivity contribution < 1.29 is 14.3 Å². The highest BCUT2D eigenvalue weighted by Gasteiger charge is 2.67. The van der Waals surface area contributed by atoms with Crippen LogP contribution in [0.4, 0.5) is 0 Å². The molecule has 1 aromatic rings. The Morgan fingerprint density at radius 1 is 1.56 bits per heavy atom. The van der Waals surface area contributed by atoms with Crippen LogP contribution in [0.1, 0.15) is 33.0 Å². The Morgan fingerprint density at radius 2 is 2.19 bits per heavy atom. The van der Waals surface area contributed by atoms with Gasteiger partial charge in [-0.25, -0.2) is 0 Å². The van der Waals surface area contributed by atoms with Crippen molar-refractivity contribution in [3.63, 3.8) is 0 Å². The molecule has 2 rings (SSSR count).